The highest BCUT2D eigenvalue weighted by atomic mass is 32.1. The summed E-state index contributed by atoms with van der Waals surface area (Å²) < 4.78 is 11.1. The smallest absolute Gasteiger partial charge is 0.231 e. The number of benzene rings is 2. The fraction of sp³-hybridized carbons (Fsp3) is 0.0476. The molecule has 0 spiro atoms. The van der Waals surface area contributed by atoms with E-state index < -0.39 is 0 Å². The van der Waals surface area contributed by atoms with Gasteiger partial charge in [0.1, 0.15) is 11.3 Å². The molecular formula is C21H15NO3S. The molecule has 0 radical (unpaired) electrons. The minimum absolute atomic E-state index is 0.163. The quantitative estimate of drug-likeness (QED) is 0.356. The number of ether oxygens (including phenoxy) is 1. The molecule has 4 rings (SSSR count). The minimum Gasteiger partial charge on any atom is -0.497 e. The van der Waals surface area contributed by atoms with Crippen LogP contribution in [0.3, 0.4) is 0 Å². The Morgan fingerprint density at radius 2 is 2.00 bits per heavy atom. The molecule has 2 heterocycles. The van der Waals surface area contributed by atoms with Gasteiger partial charge >= 0.3 is 0 Å². The SMILES string of the molecule is COc1cccc(C(=O)/C(=C/c2cccs2)c2nc3ccccc3o2)c1. The van der Waals surface area contributed by atoms with E-state index in [2.05, 4.69) is 4.98 Å². The van der Waals surface area contributed by atoms with Crippen LogP contribution in [-0.2, 0) is 0 Å². The second-order valence-corrected chi connectivity index (χ2v) is 6.60. The van der Waals surface area contributed by atoms with Crippen molar-refractivity contribution in [1.82, 2.24) is 4.98 Å². The molecule has 2 aromatic carbocycles. The normalized spacial score (nSPS) is 11.7. The lowest BCUT2D eigenvalue weighted by Gasteiger charge is -2.05. The zero-order valence-corrected chi connectivity index (χ0v) is 14.8. The molecule has 0 fully saturated rings. The van der Waals surface area contributed by atoms with E-state index in [9.17, 15) is 4.79 Å². The summed E-state index contributed by atoms with van der Waals surface area (Å²) in [5.74, 6) is 0.778. The van der Waals surface area contributed by atoms with E-state index in [1.165, 1.54) is 0 Å². The van der Waals surface area contributed by atoms with Gasteiger partial charge in [0.2, 0.25) is 5.89 Å². The number of hydrogen-bond donors (Lipinski definition) is 0. The van der Waals surface area contributed by atoms with E-state index in [1.54, 1.807) is 42.7 Å². The Balaban J connectivity index is 1.84. The van der Waals surface area contributed by atoms with Gasteiger partial charge in [0, 0.05) is 10.4 Å². The zero-order chi connectivity index (χ0) is 17.9. The third-order valence-electron chi connectivity index (χ3n) is 3.93. The lowest BCUT2D eigenvalue weighted by Crippen LogP contribution is -2.03. The van der Waals surface area contributed by atoms with Gasteiger partial charge < -0.3 is 9.15 Å². The molecular weight excluding hydrogens is 346 g/mol. The molecule has 0 saturated carbocycles. The molecule has 0 aliphatic carbocycles. The van der Waals surface area contributed by atoms with Gasteiger partial charge in [-0.15, -0.1) is 11.3 Å². The van der Waals surface area contributed by atoms with E-state index in [1.807, 2.05) is 47.9 Å². The van der Waals surface area contributed by atoms with E-state index in [0.29, 0.717) is 28.4 Å². The van der Waals surface area contributed by atoms with Crippen molar-refractivity contribution in [1.29, 1.82) is 0 Å². The molecule has 0 atom stereocenters. The van der Waals surface area contributed by atoms with E-state index >= 15 is 0 Å². The molecule has 4 aromatic rings. The number of fused-ring (bicyclic) bond motifs is 1. The summed E-state index contributed by atoms with van der Waals surface area (Å²) in [5.41, 5.74) is 2.31. The van der Waals surface area contributed by atoms with E-state index in [4.69, 9.17) is 9.15 Å². The summed E-state index contributed by atoms with van der Waals surface area (Å²) in [6.45, 7) is 0. The van der Waals surface area contributed by atoms with Crippen molar-refractivity contribution >= 4 is 39.9 Å². The first kappa shape index (κ1) is 16.3. The highest BCUT2D eigenvalue weighted by Gasteiger charge is 2.20. The highest BCUT2D eigenvalue weighted by Crippen LogP contribution is 2.28. The molecule has 4 nitrogen and oxygen atoms in total. The van der Waals surface area contributed by atoms with Crippen LogP contribution in [-0.4, -0.2) is 17.9 Å². The molecule has 0 bridgehead atoms. The number of allylic oxidation sites excluding steroid dienone is 1. The van der Waals surface area contributed by atoms with Crippen LogP contribution in [0, 0.1) is 0 Å². The van der Waals surface area contributed by atoms with Gasteiger partial charge in [-0.2, -0.15) is 0 Å². The molecule has 0 aliphatic rings. The second kappa shape index (κ2) is 6.98. The van der Waals surface area contributed by atoms with Crippen LogP contribution in [0.25, 0.3) is 22.7 Å². The predicted molar refractivity (Wildman–Crippen MR) is 104 cm³/mol. The first-order valence-corrected chi connectivity index (χ1v) is 8.92. The number of hydrogen-bond acceptors (Lipinski definition) is 5. The summed E-state index contributed by atoms with van der Waals surface area (Å²) in [6, 6.07) is 18.4. The standard InChI is InChI=1S/C21H15NO3S/c1-24-15-7-4-6-14(12-15)20(23)17(13-16-8-5-11-26-16)21-22-18-9-2-3-10-19(18)25-21/h2-13H,1H3/b17-13-. The summed E-state index contributed by atoms with van der Waals surface area (Å²) in [6.07, 6.45) is 1.82. The van der Waals surface area contributed by atoms with Crippen molar-refractivity contribution in [2.45, 2.75) is 0 Å². The van der Waals surface area contributed by atoms with Crippen molar-refractivity contribution < 1.29 is 13.9 Å². The molecule has 0 aliphatic heterocycles. The van der Waals surface area contributed by atoms with Gasteiger partial charge in [-0.1, -0.05) is 30.3 Å². The van der Waals surface area contributed by atoms with Crippen LogP contribution < -0.4 is 4.74 Å². The van der Waals surface area contributed by atoms with Crippen molar-refractivity contribution in [2.75, 3.05) is 7.11 Å². The number of carbonyl (C=O) groups is 1. The average Bonchev–Trinajstić information content (AvgIpc) is 3.34. The number of oxazole rings is 1. The van der Waals surface area contributed by atoms with Crippen LogP contribution in [0.2, 0.25) is 0 Å². The molecule has 0 unspecified atom stereocenters. The van der Waals surface area contributed by atoms with Crippen LogP contribution in [0.1, 0.15) is 21.1 Å². The van der Waals surface area contributed by atoms with Gasteiger partial charge in [0.25, 0.3) is 0 Å². The largest absolute Gasteiger partial charge is 0.497 e. The van der Waals surface area contributed by atoms with Gasteiger partial charge in [0.15, 0.2) is 11.4 Å². The molecule has 128 valence electrons. The van der Waals surface area contributed by atoms with Crippen molar-refractivity contribution in [3.05, 3.63) is 82.4 Å². The van der Waals surface area contributed by atoms with E-state index in [-0.39, 0.29) is 5.78 Å². The van der Waals surface area contributed by atoms with Crippen molar-refractivity contribution in [3.63, 3.8) is 0 Å². The van der Waals surface area contributed by atoms with Gasteiger partial charge in [-0.25, -0.2) is 4.98 Å². The highest BCUT2D eigenvalue weighted by molar-refractivity contribution is 7.11. The Morgan fingerprint density at radius 3 is 2.77 bits per heavy atom. The van der Waals surface area contributed by atoms with Crippen LogP contribution in [0.15, 0.2) is 70.5 Å². The number of methoxy groups -OCH3 is 1. The topological polar surface area (TPSA) is 52.3 Å². The second-order valence-electron chi connectivity index (χ2n) is 5.62. The van der Waals surface area contributed by atoms with Crippen LogP contribution in [0.5, 0.6) is 5.75 Å². The van der Waals surface area contributed by atoms with Crippen LogP contribution in [0.4, 0.5) is 0 Å². The monoisotopic (exact) mass is 361 g/mol. The fourth-order valence-electron chi connectivity index (χ4n) is 2.65. The Morgan fingerprint density at radius 1 is 1.12 bits per heavy atom. The predicted octanol–water partition coefficient (Wildman–Crippen LogP) is 5.32. The van der Waals surface area contributed by atoms with Gasteiger partial charge in [-0.05, 0) is 41.8 Å². The maximum Gasteiger partial charge on any atom is 0.231 e. The number of para-hydroxylation sites is 2. The first-order chi connectivity index (χ1) is 12.7. The minimum atomic E-state index is -0.163. The summed E-state index contributed by atoms with van der Waals surface area (Å²) in [7, 11) is 1.58. The van der Waals surface area contributed by atoms with Gasteiger partial charge in [0.05, 0.1) is 12.7 Å². The third kappa shape index (κ3) is 3.17. The van der Waals surface area contributed by atoms with Crippen LogP contribution >= 0.6 is 11.3 Å². The Labute approximate surface area is 154 Å². The third-order valence-corrected chi connectivity index (χ3v) is 4.75. The number of Topliss-reactive ketones (excluding diaryl/α,β-unsaturated/α-hetero) is 1. The lowest BCUT2D eigenvalue weighted by molar-refractivity contribution is 0.105. The fourth-order valence-corrected chi connectivity index (χ4v) is 3.30. The van der Waals surface area contributed by atoms with E-state index in [0.717, 1.165) is 10.4 Å². The number of ketones is 1. The maximum atomic E-state index is 13.2. The maximum absolute atomic E-state index is 13.2. The molecule has 26 heavy (non-hydrogen) atoms. The summed E-state index contributed by atoms with van der Waals surface area (Å²) >= 11 is 1.55. The molecule has 0 N–H and O–H groups in total. The zero-order valence-electron chi connectivity index (χ0n) is 14.0. The average molecular weight is 361 g/mol. The summed E-state index contributed by atoms with van der Waals surface area (Å²) in [4.78, 5) is 18.7. The number of aromatic nitrogens is 1. The van der Waals surface area contributed by atoms with Gasteiger partial charge in [-0.3, -0.25) is 4.79 Å². The summed E-state index contributed by atoms with van der Waals surface area (Å²) in [5, 5.41) is 1.96. The Bertz CT molecular complexity index is 1060. The Hall–Kier alpha value is -3.18. The molecule has 0 saturated heterocycles. The molecule has 2 aromatic heterocycles. The van der Waals surface area contributed by atoms with Crippen molar-refractivity contribution in [3.8, 4) is 5.75 Å². The molecule has 0 amide bonds. The number of thiophene rings is 1. The number of nitrogens with zero attached hydrogens (tertiary/aromatic N) is 1. The Kier molecular flexibility index (Phi) is 4.37. The molecule has 5 heteroatoms. The lowest BCUT2D eigenvalue weighted by atomic mass is 10.0. The first-order valence-electron chi connectivity index (χ1n) is 8.04. The number of carbonyl (C=O) groups excluding carboxylic acids is 1. The van der Waals surface area contributed by atoms with Crippen molar-refractivity contribution in [2.24, 2.45) is 0 Å². The number of rotatable bonds is 5.